The molecule has 0 atom stereocenters. The van der Waals surface area contributed by atoms with E-state index in [4.69, 9.17) is 13.6 Å². The molecule has 1 aliphatic rings. The smallest absolute Gasteiger partial charge is 0.255 e. The Morgan fingerprint density at radius 1 is 0.951 bits per heavy atom. The van der Waals surface area contributed by atoms with Crippen molar-refractivity contribution in [1.82, 2.24) is 15.6 Å². The molecule has 2 N–H and O–H groups in total. The monoisotopic (exact) mass is 549 g/mol. The molecule has 2 heterocycles. The lowest BCUT2D eigenvalue weighted by Crippen LogP contribution is -2.35. The maximum Gasteiger partial charge on any atom is 0.255 e. The zero-order chi connectivity index (χ0) is 28.9. The number of aryl methyl sites for hydroxylation is 3. The molecule has 2 aromatic heterocycles. The van der Waals surface area contributed by atoms with Crippen LogP contribution >= 0.6 is 0 Å². The highest BCUT2D eigenvalue weighted by molar-refractivity contribution is 6.12. The molecular formula is C33H31N3O5. The van der Waals surface area contributed by atoms with E-state index in [1.165, 1.54) is 0 Å². The first-order chi connectivity index (χ1) is 19.7. The van der Waals surface area contributed by atoms with Gasteiger partial charge in [-0.15, -0.1) is 0 Å². The molecule has 8 nitrogen and oxygen atoms in total. The van der Waals surface area contributed by atoms with Crippen LogP contribution in [0.15, 0.2) is 69.7 Å². The quantitative estimate of drug-likeness (QED) is 0.241. The Balaban J connectivity index is 1.43. The average Bonchev–Trinajstić information content (AvgIpc) is 3.44. The lowest BCUT2D eigenvalue weighted by atomic mass is 9.94. The summed E-state index contributed by atoms with van der Waals surface area (Å²) in [6, 6.07) is 17.3. The number of ether oxygens (including phenoxy) is 1. The zero-order valence-corrected chi connectivity index (χ0v) is 23.7. The molecule has 0 radical (unpaired) electrons. The molecule has 2 amide bonds. The Morgan fingerprint density at radius 2 is 1.68 bits per heavy atom. The topological polar surface area (TPSA) is 107 Å². The van der Waals surface area contributed by atoms with Crippen molar-refractivity contribution < 1.29 is 23.2 Å². The summed E-state index contributed by atoms with van der Waals surface area (Å²) in [5.41, 5.74) is 6.24. The van der Waals surface area contributed by atoms with Crippen LogP contribution in [0.5, 0.6) is 5.75 Å². The minimum Gasteiger partial charge on any atom is -0.496 e. The first-order valence-corrected chi connectivity index (χ1v) is 13.5. The van der Waals surface area contributed by atoms with Gasteiger partial charge in [-0.2, -0.15) is 0 Å². The molecule has 208 valence electrons. The van der Waals surface area contributed by atoms with Crippen LogP contribution in [0.3, 0.4) is 0 Å². The van der Waals surface area contributed by atoms with Crippen molar-refractivity contribution in [2.75, 3.05) is 14.2 Å². The highest BCUT2D eigenvalue weighted by atomic mass is 16.5. The number of benzene rings is 3. The van der Waals surface area contributed by atoms with Crippen LogP contribution in [-0.2, 0) is 5.54 Å². The van der Waals surface area contributed by atoms with E-state index in [9.17, 15) is 9.59 Å². The van der Waals surface area contributed by atoms with E-state index in [0.29, 0.717) is 39.5 Å². The van der Waals surface area contributed by atoms with Crippen LogP contribution in [0.2, 0.25) is 0 Å². The highest BCUT2D eigenvalue weighted by Gasteiger charge is 2.48. The normalized spacial score (nSPS) is 13.7. The molecule has 0 bridgehead atoms. The fraction of sp³-hybridized carbons (Fsp3) is 0.242. The predicted octanol–water partition coefficient (Wildman–Crippen LogP) is 6.47. The number of carbonyl (C=O) groups excluding carboxylic acids is 2. The molecule has 0 aliphatic heterocycles. The molecule has 1 aliphatic carbocycles. The number of methoxy groups -OCH3 is 1. The molecule has 0 saturated heterocycles. The van der Waals surface area contributed by atoms with Gasteiger partial charge in [-0.1, -0.05) is 35.9 Å². The Kier molecular flexibility index (Phi) is 6.41. The lowest BCUT2D eigenvalue weighted by molar-refractivity contribution is 0.0925. The summed E-state index contributed by atoms with van der Waals surface area (Å²) in [5.74, 6) is 1.07. The van der Waals surface area contributed by atoms with Crippen molar-refractivity contribution in [2.45, 2.75) is 39.2 Å². The van der Waals surface area contributed by atoms with E-state index in [2.05, 4.69) is 15.6 Å². The fourth-order valence-electron chi connectivity index (χ4n) is 5.30. The van der Waals surface area contributed by atoms with Crippen LogP contribution < -0.4 is 15.4 Å². The van der Waals surface area contributed by atoms with Gasteiger partial charge in [0.25, 0.3) is 11.8 Å². The number of hydrogen-bond acceptors (Lipinski definition) is 6. The number of amides is 2. The Hall–Kier alpha value is -4.85. The van der Waals surface area contributed by atoms with Crippen molar-refractivity contribution in [3.63, 3.8) is 0 Å². The summed E-state index contributed by atoms with van der Waals surface area (Å²) < 4.78 is 17.2. The van der Waals surface area contributed by atoms with E-state index in [0.717, 1.165) is 46.4 Å². The molecule has 0 unspecified atom stereocenters. The highest BCUT2D eigenvalue weighted by Crippen LogP contribution is 2.46. The number of oxazole rings is 1. The Labute approximate surface area is 237 Å². The summed E-state index contributed by atoms with van der Waals surface area (Å²) in [6.07, 6.45) is 3.18. The first kappa shape index (κ1) is 26.4. The number of furan rings is 1. The summed E-state index contributed by atoms with van der Waals surface area (Å²) in [7, 11) is 3.16. The van der Waals surface area contributed by atoms with Gasteiger partial charge in [0.15, 0.2) is 5.89 Å². The molecule has 8 heteroatoms. The van der Waals surface area contributed by atoms with Crippen molar-refractivity contribution in [3.8, 4) is 28.2 Å². The first-order valence-electron chi connectivity index (χ1n) is 13.5. The van der Waals surface area contributed by atoms with E-state index in [1.807, 2.05) is 68.4 Å². The third kappa shape index (κ3) is 4.65. The van der Waals surface area contributed by atoms with Gasteiger partial charge in [0, 0.05) is 24.9 Å². The number of aromatic nitrogens is 1. The predicted molar refractivity (Wildman–Crippen MR) is 156 cm³/mol. The summed E-state index contributed by atoms with van der Waals surface area (Å²) in [6.45, 7) is 5.77. The summed E-state index contributed by atoms with van der Waals surface area (Å²) >= 11 is 0. The maximum atomic E-state index is 13.6. The maximum absolute atomic E-state index is 13.6. The minimum absolute atomic E-state index is 0.235. The number of nitrogens with zero attached hydrogens (tertiary/aromatic N) is 1. The molecule has 1 saturated carbocycles. The fourth-order valence-corrected chi connectivity index (χ4v) is 5.30. The molecule has 0 spiro atoms. The van der Waals surface area contributed by atoms with Gasteiger partial charge in [-0.25, -0.2) is 4.98 Å². The molecule has 5 aromatic rings. The number of carbonyl (C=O) groups is 2. The van der Waals surface area contributed by atoms with Crippen LogP contribution in [0, 0.1) is 20.8 Å². The van der Waals surface area contributed by atoms with Crippen molar-refractivity contribution in [1.29, 1.82) is 0 Å². The van der Waals surface area contributed by atoms with E-state index in [-0.39, 0.29) is 11.8 Å². The second-order valence-corrected chi connectivity index (χ2v) is 10.6. The van der Waals surface area contributed by atoms with Crippen LogP contribution in [0.1, 0.15) is 56.3 Å². The van der Waals surface area contributed by atoms with Gasteiger partial charge in [0.2, 0.25) is 0 Å². The zero-order valence-electron chi connectivity index (χ0n) is 23.7. The van der Waals surface area contributed by atoms with Crippen LogP contribution in [0.4, 0.5) is 0 Å². The van der Waals surface area contributed by atoms with Crippen LogP contribution in [-0.4, -0.2) is 31.0 Å². The molecule has 3 aromatic carbocycles. The third-order valence-electron chi connectivity index (χ3n) is 7.77. The molecule has 1 fully saturated rings. The summed E-state index contributed by atoms with van der Waals surface area (Å²) in [5, 5.41) is 6.61. The van der Waals surface area contributed by atoms with E-state index >= 15 is 0 Å². The van der Waals surface area contributed by atoms with Gasteiger partial charge in [-0.05, 0) is 67.6 Å². The van der Waals surface area contributed by atoms with Gasteiger partial charge < -0.3 is 24.2 Å². The lowest BCUT2D eigenvalue weighted by Gasteiger charge is -2.18. The summed E-state index contributed by atoms with van der Waals surface area (Å²) in [4.78, 5) is 31.2. The largest absolute Gasteiger partial charge is 0.496 e. The number of fused-ring (bicyclic) bond motifs is 1. The van der Waals surface area contributed by atoms with Gasteiger partial charge in [-0.3, -0.25) is 9.59 Å². The Morgan fingerprint density at radius 3 is 2.32 bits per heavy atom. The van der Waals surface area contributed by atoms with E-state index < -0.39 is 5.54 Å². The van der Waals surface area contributed by atoms with Crippen molar-refractivity contribution in [2.24, 2.45) is 0 Å². The van der Waals surface area contributed by atoms with Gasteiger partial charge in [0.1, 0.15) is 29.0 Å². The Bertz CT molecular complexity index is 1810. The second-order valence-electron chi connectivity index (χ2n) is 10.6. The van der Waals surface area contributed by atoms with Gasteiger partial charge in [0.05, 0.1) is 23.8 Å². The SMILES string of the molecule is CNC(=O)c1c(-c2ccc(C)cc2)oc2ccc(-c3cc(C(=O)NC4(c5coc(C)n5)CC4)c(OC)cc3C)cc12. The average molecular weight is 550 g/mol. The van der Waals surface area contributed by atoms with Gasteiger partial charge >= 0.3 is 0 Å². The van der Waals surface area contributed by atoms with E-state index in [1.54, 1.807) is 27.3 Å². The number of nitrogens with one attached hydrogen (secondary N) is 2. The number of hydrogen-bond donors (Lipinski definition) is 2. The van der Waals surface area contributed by atoms with Crippen molar-refractivity contribution >= 4 is 22.8 Å². The second kappa shape index (κ2) is 9.96. The standard InChI is InChI=1S/C33H31N3O5/c1-18-6-8-21(9-7-18)30-29(32(38)34-4)24-15-22(10-11-26(24)41-30)23-16-25(27(39-5)14-19(23)2)31(37)36-33(12-13-33)28-17-40-20(3)35-28/h6-11,14-17H,12-13H2,1-5H3,(H,34,38)(H,36,37). The number of rotatable bonds is 7. The minimum atomic E-state index is -0.532. The molecular weight excluding hydrogens is 518 g/mol. The van der Waals surface area contributed by atoms with Crippen molar-refractivity contribution in [3.05, 3.63) is 94.7 Å². The molecule has 6 rings (SSSR count). The third-order valence-corrected chi connectivity index (χ3v) is 7.77. The van der Waals surface area contributed by atoms with Crippen LogP contribution in [0.25, 0.3) is 33.4 Å². The molecule has 41 heavy (non-hydrogen) atoms.